The first kappa shape index (κ1) is 15.7. The molecule has 0 spiro atoms. The zero-order valence-corrected chi connectivity index (χ0v) is 12.4. The highest BCUT2D eigenvalue weighted by molar-refractivity contribution is 5.78. The van der Waals surface area contributed by atoms with Gasteiger partial charge in [-0.2, -0.15) is 0 Å². The second-order valence-electron chi connectivity index (χ2n) is 5.92. The predicted octanol–water partition coefficient (Wildman–Crippen LogP) is 1.41. The number of nitrogens with one attached hydrogen (secondary N) is 2. The molecule has 5 nitrogen and oxygen atoms in total. The Hall–Kier alpha value is -1.36. The maximum absolute atomic E-state index is 11.9. The summed E-state index contributed by atoms with van der Waals surface area (Å²) in [5, 5.41) is 6.22. The average molecular weight is 266 g/mol. The van der Waals surface area contributed by atoms with Gasteiger partial charge in [0.1, 0.15) is 0 Å². The minimum atomic E-state index is 0.00465. The van der Waals surface area contributed by atoms with Crippen LogP contribution in [0.3, 0.4) is 0 Å². The van der Waals surface area contributed by atoms with Crippen LogP contribution in [0.25, 0.3) is 0 Å². The summed E-state index contributed by atoms with van der Waals surface area (Å²) in [6.45, 7) is 10.5. The summed E-state index contributed by atoms with van der Waals surface area (Å²) in [5.41, 5.74) is 0.00465. The topological polar surface area (TPSA) is 59.0 Å². The summed E-state index contributed by atoms with van der Waals surface area (Å²) >= 11 is 0. The highest BCUT2D eigenvalue weighted by Gasteiger charge is 2.26. The van der Waals surface area contributed by atoms with E-state index in [0.717, 1.165) is 19.5 Å². The van der Waals surface area contributed by atoms with Crippen LogP contribution in [-0.2, 0) is 11.3 Å². The molecule has 1 atom stereocenters. The monoisotopic (exact) mass is 266 g/mol. The van der Waals surface area contributed by atoms with Gasteiger partial charge in [0.2, 0.25) is 5.91 Å². The van der Waals surface area contributed by atoms with Crippen molar-refractivity contribution in [1.29, 1.82) is 0 Å². The number of imidazole rings is 1. The van der Waals surface area contributed by atoms with E-state index in [2.05, 4.69) is 43.3 Å². The van der Waals surface area contributed by atoms with Crippen LogP contribution in [0.2, 0.25) is 0 Å². The highest BCUT2D eigenvalue weighted by Crippen LogP contribution is 2.20. The first-order valence-electron chi connectivity index (χ1n) is 6.89. The fourth-order valence-electron chi connectivity index (χ4n) is 1.77. The van der Waals surface area contributed by atoms with E-state index in [0.29, 0.717) is 6.54 Å². The van der Waals surface area contributed by atoms with Crippen molar-refractivity contribution < 1.29 is 4.79 Å². The van der Waals surface area contributed by atoms with Crippen LogP contribution in [-0.4, -0.2) is 34.6 Å². The van der Waals surface area contributed by atoms with Gasteiger partial charge in [0.15, 0.2) is 0 Å². The molecular weight excluding hydrogens is 240 g/mol. The summed E-state index contributed by atoms with van der Waals surface area (Å²) in [4.78, 5) is 15.9. The van der Waals surface area contributed by atoms with Gasteiger partial charge < -0.3 is 15.2 Å². The Morgan fingerprint density at radius 1 is 1.42 bits per heavy atom. The minimum absolute atomic E-state index is 0.00465. The minimum Gasteiger partial charge on any atom is -0.350 e. The van der Waals surface area contributed by atoms with E-state index in [1.807, 2.05) is 10.8 Å². The summed E-state index contributed by atoms with van der Waals surface area (Å²) < 4.78 is 2.00. The molecule has 0 aromatic carbocycles. The van der Waals surface area contributed by atoms with Crippen molar-refractivity contribution >= 4 is 5.91 Å². The van der Waals surface area contributed by atoms with Crippen molar-refractivity contribution in [2.75, 3.05) is 13.1 Å². The zero-order chi connectivity index (χ0) is 14.3. The lowest BCUT2D eigenvalue weighted by molar-refractivity contribution is -0.121. The lowest BCUT2D eigenvalue weighted by atomic mass is 9.86. The molecule has 0 aliphatic carbocycles. The molecule has 1 aromatic rings. The molecular formula is C14H26N4O. The smallest absolute Gasteiger partial charge is 0.234 e. The van der Waals surface area contributed by atoms with E-state index in [9.17, 15) is 4.79 Å². The predicted molar refractivity (Wildman–Crippen MR) is 76.8 cm³/mol. The third-order valence-corrected chi connectivity index (χ3v) is 3.05. The number of hydrogen-bond donors (Lipinski definition) is 2. The van der Waals surface area contributed by atoms with Crippen molar-refractivity contribution in [2.24, 2.45) is 5.41 Å². The van der Waals surface area contributed by atoms with Gasteiger partial charge in [-0.25, -0.2) is 4.98 Å². The number of rotatable bonds is 7. The van der Waals surface area contributed by atoms with E-state index < -0.39 is 0 Å². The molecule has 0 fully saturated rings. The Morgan fingerprint density at radius 2 is 2.16 bits per heavy atom. The van der Waals surface area contributed by atoms with E-state index in [-0.39, 0.29) is 17.4 Å². The normalized spacial score (nSPS) is 13.3. The molecule has 19 heavy (non-hydrogen) atoms. The Morgan fingerprint density at radius 3 is 2.68 bits per heavy atom. The Labute approximate surface area is 115 Å². The summed E-state index contributed by atoms with van der Waals surface area (Å²) in [6.07, 6.45) is 6.48. The maximum atomic E-state index is 11.9. The fourth-order valence-corrected chi connectivity index (χ4v) is 1.77. The van der Waals surface area contributed by atoms with Crippen molar-refractivity contribution in [3.8, 4) is 0 Å². The molecule has 0 radical (unpaired) electrons. The Bertz CT molecular complexity index is 367. The number of hydrogen-bond acceptors (Lipinski definition) is 3. The molecule has 1 unspecified atom stereocenters. The molecule has 2 N–H and O–H groups in total. The van der Waals surface area contributed by atoms with E-state index in [4.69, 9.17) is 0 Å². The second kappa shape index (κ2) is 7.28. The number of aromatic nitrogens is 2. The van der Waals surface area contributed by atoms with Gasteiger partial charge in [-0.15, -0.1) is 0 Å². The molecule has 1 aromatic heterocycles. The number of carbonyl (C=O) groups is 1. The fraction of sp³-hybridized carbons (Fsp3) is 0.714. The highest BCUT2D eigenvalue weighted by atomic mass is 16.2. The molecule has 108 valence electrons. The second-order valence-corrected chi connectivity index (χ2v) is 5.92. The SMILES string of the molecule is CCCNCC(=O)NC(Cn1ccnc1)C(C)(C)C. The average Bonchev–Trinajstić information content (AvgIpc) is 2.80. The van der Waals surface area contributed by atoms with Crippen LogP contribution in [0.1, 0.15) is 34.1 Å². The summed E-state index contributed by atoms with van der Waals surface area (Å²) in [5.74, 6) is 0.0495. The molecule has 1 rings (SSSR count). The van der Waals surface area contributed by atoms with Crippen LogP contribution in [0.4, 0.5) is 0 Å². The molecule has 5 heteroatoms. The van der Waals surface area contributed by atoms with Gasteiger partial charge in [0.25, 0.3) is 0 Å². The number of carbonyl (C=O) groups excluding carboxylic acids is 1. The standard InChI is InChI=1S/C14H26N4O/c1-5-6-15-9-13(19)17-12(14(2,3)4)10-18-8-7-16-11-18/h7-8,11-12,15H,5-6,9-10H2,1-4H3,(H,17,19). The van der Waals surface area contributed by atoms with Crippen LogP contribution in [0, 0.1) is 5.41 Å². The summed E-state index contributed by atoms with van der Waals surface area (Å²) in [7, 11) is 0. The molecule has 0 aliphatic rings. The Kier molecular flexibility index (Phi) is 6.02. The lowest BCUT2D eigenvalue weighted by Crippen LogP contribution is -2.48. The van der Waals surface area contributed by atoms with Gasteiger partial charge in [0.05, 0.1) is 18.9 Å². The van der Waals surface area contributed by atoms with Crippen molar-refractivity contribution in [1.82, 2.24) is 20.2 Å². The quantitative estimate of drug-likeness (QED) is 0.734. The van der Waals surface area contributed by atoms with E-state index >= 15 is 0 Å². The van der Waals surface area contributed by atoms with Crippen LogP contribution >= 0.6 is 0 Å². The van der Waals surface area contributed by atoms with E-state index in [1.54, 1.807) is 12.5 Å². The van der Waals surface area contributed by atoms with Crippen molar-refractivity contribution in [3.05, 3.63) is 18.7 Å². The molecule has 1 amide bonds. The van der Waals surface area contributed by atoms with Crippen LogP contribution in [0.5, 0.6) is 0 Å². The molecule has 0 bridgehead atoms. The summed E-state index contributed by atoms with van der Waals surface area (Å²) in [6, 6.07) is 0.0811. The largest absolute Gasteiger partial charge is 0.350 e. The van der Waals surface area contributed by atoms with Gasteiger partial charge in [-0.3, -0.25) is 4.79 Å². The van der Waals surface area contributed by atoms with Gasteiger partial charge >= 0.3 is 0 Å². The molecule has 1 heterocycles. The first-order valence-corrected chi connectivity index (χ1v) is 6.89. The van der Waals surface area contributed by atoms with Crippen molar-refractivity contribution in [3.63, 3.8) is 0 Å². The van der Waals surface area contributed by atoms with E-state index in [1.165, 1.54) is 0 Å². The van der Waals surface area contributed by atoms with Gasteiger partial charge in [0, 0.05) is 18.9 Å². The zero-order valence-electron chi connectivity index (χ0n) is 12.4. The Balaban J connectivity index is 2.53. The molecule has 0 aliphatic heterocycles. The third-order valence-electron chi connectivity index (χ3n) is 3.05. The third kappa shape index (κ3) is 5.87. The molecule has 0 saturated heterocycles. The van der Waals surface area contributed by atoms with Gasteiger partial charge in [-0.05, 0) is 18.4 Å². The van der Waals surface area contributed by atoms with Gasteiger partial charge in [-0.1, -0.05) is 27.7 Å². The molecule has 0 saturated carbocycles. The lowest BCUT2D eigenvalue weighted by Gasteiger charge is -2.31. The maximum Gasteiger partial charge on any atom is 0.234 e. The van der Waals surface area contributed by atoms with Crippen LogP contribution in [0.15, 0.2) is 18.7 Å². The van der Waals surface area contributed by atoms with Crippen LogP contribution < -0.4 is 10.6 Å². The number of amides is 1. The van der Waals surface area contributed by atoms with Crippen molar-refractivity contribution in [2.45, 2.75) is 46.7 Å². The number of nitrogens with zero attached hydrogens (tertiary/aromatic N) is 2. The first-order chi connectivity index (χ1) is 8.93.